The fourth-order valence-corrected chi connectivity index (χ4v) is 6.20. The number of rotatable bonds is 7. The van der Waals surface area contributed by atoms with Gasteiger partial charge in [0.05, 0.1) is 11.8 Å². The van der Waals surface area contributed by atoms with Crippen LogP contribution < -0.4 is 4.90 Å². The van der Waals surface area contributed by atoms with E-state index in [4.69, 9.17) is 20.8 Å². The van der Waals surface area contributed by atoms with E-state index in [1.807, 2.05) is 30.0 Å². The zero-order chi connectivity index (χ0) is 27.5. The number of carbonyl (C=O) groups excluding carboxylic acids is 3. The van der Waals surface area contributed by atoms with E-state index in [-0.39, 0.29) is 24.0 Å². The van der Waals surface area contributed by atoms with Gasteiger partial charge in [0.1, 0.15) is 12.4 Å². The molecule has 1 aromatic carbocycles. The zero-order valence-corrected chi connectivity index (χ0v) is 23.4. The van der Waals surface area contributed by atoms with Crippen molar-refractivity contribution in [3.8, 4) is 0 Å². The lowest BCUT2D eigenvalue weighted by molar-refractivity contribution is -0.130. The molecule has 2 aromatic rings. The summed E-state index contributed by atoms with van der Waals surface area (Å²) < 4.78 is 11.0. The molecule has 39 heavy (non-hydrogen) atoms. The molecule has 0 bridgehead atoms. The van der Waals surface area contributed by atoms with E-state index in [2.05, 4.69) is 4.90 Å². The Morgan fingerprint density at radius 2 is 1.77 bits per heavy atom. The number of benzene rings is 1. The van der Waals surface area contributed by atoms with Gasteiger partial charge < -0.3 is 23.9 Å². The second kappa shape index (κ2) is 12.0. The van der Waals surface area contributed by atoms with E-state index in [0.717, 1.165) is 50.4 Å². The molecule has 0 spiro atoms. The average molecular weight is 557 g/mol. The third kappa shape index (κ3) is 6.41. The zero-order valence-electron chi connectivity index (χ0n) is 22.7. The fraction of sp³-hybridized carbons (Fsp3) is 0.552. The molecule has 3 amide bonds. The van der Waals surface area contributed by atoms with E-state index < -0.39 is 0 Å². The Morgan fingerprint density at radius 1 is 1.05 bits per heavy atom. The molecule has 4 heterocycles. The van der Waals surface area contributed by atoms with Gasteiger partial charge in [-0.3, -0.25) is 14.5 Å². The van der Waals surface area contributed by atoms with Gasteiger partial charge in [0.25, 0.3) is 5.91 Å². The predicted octanol–water partition coefficient (Wildman–Crippen LogP) is 4.29. The van der Waals surface area contributed by atoms with Crippen LogP contribution in [0.15, 0.2) is 41.2 Å². The van der Waals surface area contributed by atoms with Gasteiger partial charge in [-0.2, -0.15) is 0 Å². The molecule has 0 radical (unpaired) electrons. The number of piperidine rings is 1. The number of ether oxygens (including phenoxy) is 1. The smallest absolute Gasteiger partial charge is 0.414 e. The molecule has 3 fully saturated rings. The van der Waals surface area contributed by atoms with Gasteiger partial charge in [0, 0.05) is 76.3 Å². The molecule has 0 saturated carbocycles. The summed E-state index contributed by atoms with van der Waals surface area (Å²) >= 11 is 6.40. The van der Waals surface area contributed by atoms with Crippen molar-refractivity contribution in [3.63, 3.8) is 0 Å². The lowest BCUT2D eigenvalue weighted by Gasteiger charge is -2.32. The van der Waals surface area contributed by atoms with Gasteiger partial charge >= 0.3 is 6.09 Å². The molecule has 0 aliphatic carbocycles. The van der Waals surface area contributed by atoms with Crippen LogP contribution in [-0.4, -0.2) is 91.1 Å². The molecule has 2 atom stereocenters. The van der Waals surface area contributed by atoms with Crippen LogP contribution in [0.4, 0.5) is 10.5 Å². The molecule has 9 nitrogen and oxygen atoms in total. The van der Waals surface area contributed by atoms with Gasteiger partial charge in [-0.25, -0.2) is 4.79 Å². The number of furan rings is 1. The Balaban J connectivity index is 1.14. The number of carbonyl (C=O) groups is 3. The number of fused-ring (bicyclic) bond motifs is 1. The Labute approximate surface area is 234 Å². The summed E-state index contributed by atoms with van der Waals surface area (Å²) in [5.74, 6) is 1.04. The second-order valence-corrected chi connectivity index (χ2v) is 11.4. The van der Waals surface area contributed by atoms with E-state index in [0.29, 0.717) is 54.9 Å². The summed E-state index contributed by atoms with van der Waals surface area (Å²) in [4.78, 5) is 45.5. The summed E-state index contributed by atoms with van der Waals surface area (Å²) in [6.45, 7) is 9.54. The summed E-state index contributed by atoms with van der Waals surface area (Å²) in [7, 11) is 0. The van der Waals surface area contributed by atoms with Gasteiger partial charge in [0.15, 0.2) is 0 Å². The second-order valence-electron chi connectivity index (χ2n) is 11.0. The third-order valence-electron chi connectivity index (χ3n) is 8.32. The first-order chi connectivity index (χ1) is 18.8. The van der Waals surface area contributed by atoms with Gasteiger partial charge in [-0.15, -0.1) is 0 Å². The highest BCUT2D eigenvalue weighted by Gasteiger charge is 2.41. The standard InChI is InChI=1S/C29H37ClN4O5/c1-20-4-5-25(14-27(20)30)34(29(37)39-26-6-11-32(12-7-26)21(2)35)10-3-9-31-15-23-17-33(18-24(23)16-31)28(36)22-8-13-38-19-22/h4-5,8,13-14,19,23-24,26H,3,6-7,9-12,15-18H2,1-2H3. The van der Waals surface area contributed by atoms with Crippen LogP contribution in [-0.2, 0) is 9.53 Å². The number of likely N-dealkylation sites (tertiary alicyclic amines) is 3. The molecule has 3 aliphatic rings. The first-order valence-corrected chi connectivity index (χ1v) is 14.2. The largest absolute Gasteiger partial charge is 0.472 e. The number of amides is 3. The fourth-order valence-electron chi connectivity index (χ4n) is 6.03. The predicted molar refractivity (Wildman–Crippen MR) is 148 cm³/mol. The van der Waals surface area contributed by atoms with Crippen LogP contribution in [0.2, 0.25) is 5.02 Å². The minimum Gasteiger partial charge on any atom is -0.472 e. The van der Waals surface area contributed by atoms with Crippen molar-refractivity contribution < 1.29 is 23.5 Å². The SMILES string of the molecule is CC(=O)N1CCC(OC(=O)N(CCCN2CC3CN(C(=O)c4ccoc4)CC3C2)c2ccc(C)c(Cl)c2)CC1. The van der Waals surface area contributed by atoms with Crippen LogP contribution in [0.25, 0.3) is 0 Å². The Morgan fingerprint density at radius 3 is 2.38 bits per heavy atom. The number of hydrogen-bond donors (Lipinski definition) is 0. The third-order valence-corrected chi connectivity index (χ3v) is 8.72. The molecule has 2 unspecified atom stereocenters. The van der Waals surface area contributed by atoms with Crippen LogP contribution in [0.1, 0.15) is 42.1 Å². The molecule has 10 heteroatoms. The highest BCUT2D eigenvalue weighted by atomic mass is 35.5. The molecule has 210 valence electrons. The minimum absolute atomic E-state index is 0.0441. The lowest BCUT2D eigenvalue weighted by atomic mass is 10.0. The molecule has 1 aromatic heterocycles. The van der Waals surface area contributed by atoms with E-state index in [1.165, 1.54) is 12.5 Å². The number of anilines is 1. The monoisotopic (exact) mass is 556 g/mol. The van der Waals surface area contributed by atoms with E-state index >= 15 is 0 Å². The van der Waals surface area contributed by atoms with Crippen LogP contribution >= 0.6 is 11.6 Å². The van der Waals surface area contributed by atoms with Crippen molar-refractivity contribution in [1.29, 1.82) is 0 Å². The van der Waals surface area contributed by atoms with Crippen molar-refractivity contribution >= 4 is 35.2 Å². The summed E-state index contributed by atoms with van der Waals surface area (Å²) in [5, 5.41) is 0.613. The van der Waals surface area contributed by atoms with Gasteiger partial charge in [-0.05, 0) is 55.5 Å². The molecule has 3 aliphatic heterocycles. The number of halogens is 1. The summed E-state index contributed by atoms with van der Waals surface area (Å²) in [6.07, 6.45) is 4.54. The van der Waals surface area contributed by atoms with Gasteiger partial charge in [0.2, 0.25) is 5.91 Å². The Hall–Kier alpha value is -3.04. The number of hydrogen-bond acceptors (Lipinski definition) is 6. The maximum absolute atomic E-state index is 13.3. The lowest BCUT2D eigenvalue weighted by Crippen LogP contribution is -2.43. The Kier molecular flexibility index (Phi) is 8.47. The van der Waals surface area contributed by atoms with Crippen molar-refractivity contribution in [1.82, 2.24) is 14.7 Å². The van der Waals surface area contributed by atoms with Crippen molar-refractivity contribution in [2.24, 2.45) is 11.8 Å². The first kappa shape index (κ1) is 27.5. The first-order valence-electron chi connectivity index (χ1n) is 13.8. The molecular formula is C29H37ClN4O5. The average Bonchev–Trinajstić information content (AvgIpc) is 3.66. The van der Waals surface area contributed by atoms with E-state index in [9.17, 15) is 14.4 Å². The topological polar surface area (TPSA) is 86.5 Å². The molecular weight excluding hydrogens is 520 g/mol. The quantitative estimate of drug-likeness (QED) is 0.506. The maximum atomic E-state index is 13.3. The van der Waals surface area contributed by atoms with Crippen LogP contribution in [0, 0.1) is 18.8 Å². The summed E-state index contributed by atoms with van der Waals surface area (Å²) in [5.41, 5.74) is 2.29. The highest BCUT2D eigenvalue weighted by Crippen LogP contribution is 2.32. The maximum Gasteiger partial charge on any atom is 0.414 e. The minimum atomic E-state index is -0.372. The van der Waals surface area contributed by atoms with E-state index in [1.54, 1.807) is 22.8 Å². The normalized spacial score (nSPS) is 21.7. The molecule has 0 N–H and O–H groups in total. The van der Waals surface area contributed by atoms with Crippen LogP contribution in [0.5, 0.6) is 0 Å². The summed E-state index contributed by atoms with van der Waals surface area (Å²) in [6, 6.07) is 7.37. The van der Waals surface area contributed by atoms with Crippen LogP contribution in [0.3, 0.4) is 0 Å². The number of nitrogens with zero attached hydrogens (tertiary/aromatic N) is 4. The highest BCUT2D eigenvalue weighted by molar-refractivity contribution is 6.31. The van der Waals surface area contributed by atoms with Crippen molar-refractivity contribution in [3.05, 3.63) is 52.9 Å². The molecule has 3 saturated heterocycles. The van der Waals surface area contributed by atoms with Crippen molar-refractivity contribution in [2.45, 2.75) is 39.2 Å². The number of aryl methyl sites for hydroxylation is 1. The molecule has 5 rings (SSSR count). The van der Waals surface area contributed by atoms with Crippen molar-refractivity contribution in [2.75, 3.05) is 57.3 Å². The Bertz CT molecular complexity index is 1170. The van der Waals surface area contributed by atoms with Gasteiger partial charge in [-0.1, -0.05) is 17.7 Å².